The quantitative estimate of drug-likeness (QED) is 0.768. The molecule has 18 heavy (non-hydrogen) atoms. The summed E-state index contributed by atoms with van der Waals surface area (Å²) in [5.41, 5.74) is 8.54. The summed E-state index contributed by atoms with van der Waals surface area (Å²) in [6.45, 7) is 2.24. The van der Waals surface area contributed by atoms with Crippen LogP contribution in [0, 0.1) is 11.8 Å². The number of likely N-dealkylation sites (tertiary alicyclic amines) is 1. The normalized spacial score (nSPS) is 25.4. The van der Waals surface area contributed by atoms with Crippen LogP contribution in [0.25, 0.3) is 0 Å². The van der Waals surface area contributed by atoms with Gasteiger partial charge in [0.15, 0.2) is 5.78 Å². The molecule has 1 saturated heterocycles. The van der Waals surface area contributed by atoms with E-state index in [0.29, 0.717) is 17.4 Å². The smallest absolute Gasteiger partial charge is 0.166 e. The highest BCUT2D eigenvalue weighted by Crippen LogP contribution is 2.36. The first-order chi connectivity index (χ1) is 8.65. The molecule has 3 nitrogen and oxygen atoms in total. The number of hydrogen-bond acceptors (Lipinski definition) is 3. The Bertz CT molecular complexity index is 475. The van der Waals surface area contributed by atoms with Crippen LogP contribution in [0.15, 0.2) is 18.2 Å². The van der Waals surface area contributed by atoms with Crippen LogP contribution in [0.3, 0.4) is 0 Å². The number of nitrogen functional groups attached to an aromatic ring is 1. The Morgan fingerprint density at radius 1 is 1.28 bits per heavy atom. The summed E-state index contributed by atoms with van der Waals surface area (Å²) in [4.78, 5) is 14.8. The molecule has 3 heteroatoms. The van der Waals surface area contributed by atoms with E-state index in [-0.39, 0.29) is 5.92 Å². The summed E-state index contributed by atoms with van der Waals surface area (Å²) in [5.74, 6) is 1.09. The predicted octanol–water partition coefficient (Wildman–Crippen LogP) is 1.97. The topological polar surface area (TPSA) is 46.3 Å². The molecule has 96 valence electrons. The van der Waals surface area contributed by atoms with Crippen LogP contribution in [0.2, 0.25) is 0 Å². The van der Waals surface area contributed by atoms with Crippen molar-refractivity contribution in [1.82, 2.24) is 4.90 Å². The molecule has 1 aromatic rings. The number of benzene rings is 1. The highest BCUT2D eigenvalue weighted by molar-refractivity contribution is 6.03. The highest BCUT2D eigenvalue weighted by Gasteiger charge is 2.37. The van der Waals surface area contributed by atoms with Crippen LogP contribution in [-0.4, -0.2) is 30.8 Å². The van der Waals surface area contributed by atoms with Gasteiger partial charge in [-0.1, -0.05) is 6.07 Å². The maximum Gasteiger partial charge on any atom is 0.166 e. The second kappa shape index (κ2) is 4.39. The molecule has 0 amide bonds. The molecule has 1 aromatic carbocycles. The Labute approximate surface area is 108 Å². The Kier molecular flexibility index (Phi) is 2.86. The Hall–Kier alpha value is -1.35. The fourth-order valence-electron chi connectivity index (χ4n) is 3.34. The van der Waals surface area contributed by atoms with Crippen molar-refractivity contribution in [2.24, 2.45) is 11.8 Å². The van der Waals surface area contributed by atoms with Gasteiger partial charge in [0.2, 0.25) is 0 Å². The third kappa shape index (κ3) is 1.93. The van der Waals surface area contributed by atoms with Crippen molar-refractivity contribution in [3.8, 4) is 0 Å². The van der Waals surface area contributed by atoms with Gasteiger partial charge in [-0.3, -0.25) is 4.79 Å². The van der Waals surface area contributed by atoms with Crippen molar-refractivity contribution < 1.29 is 4.79 Å². The number of rotatable bonds is 1. The van der Waals surface area contributed by atoms with E-state index in [4.69, 9.17) is 5.73 Å². The molecule has 1 heterocycles. The van der Waals surface area contributed by atoms with Crippen molar-refractivity contribution in [2.75, 3.05) is 25.9 Å². The van der Waals surface area contributed by atoms with Crippen LogP contribution in [-0.2, 0) is 6.42 Å². The van der Waals surface area contributed by atoms with E-state index in [1.165, 1.54) is 5.56 Å². The van der Waals surface area contributed by atoms with E-state index in [1.807, 2.05) is 18.2 Å². The molecule has 1 aliphatic carbocycles. The van der Waals surface area contributed by atoms with Gasteiger partial charge in [-0.2, -0.15) is 0 Å². The number of carbonyl (C=O) groups excluding carboxylic acids is 1. The van der Waals surface area contributed by atoms with Gasteiger partial charge in [0, 0.05) is 17.2 Å². The van der Waals surface area contributed by atoms with Crippen LogP contribution in [0.1, 0.15) is 28.8 Å². The van der Waals surface area contributed by atoms with E-state index in [0.717, 1.165) is 37.9 Å². The monoisotopic (exact) mass is 244 g/mol. The number of anilines is 1. The van der Waals surface area contributed by atoms with Crippen LogP contribution < -0.4 is 5.73 Å². The van der Waals surface area contributed by atoms with E-state index < -0.39 is 0 Å². The molecular weight excluding hydrogens is 224 g/mol. The van der Waals surface area contributed by atoms with Crippen LogP contribution in [0.5, 0.6) is 0 Å². The lowest BCUT2D eigenvalue weighted by atomic mass is 9.82. The van der Waals surface area contributed by atoms with Crippen molar-refractivity contribution in [3.63, 3.8) is 0 Å². The highest BCUT2D eigenvalue weighted by atomic mass is 16.1. The van der Waals surface area contributed by atoms with Crippen molar-refractivity contribution in [2.45, 2.75) is 19.3 Å². The fourth-order valence-corrected chi connectivity index (χ4v) is 3.34. The standard InChI is InChI=1S/C15H20N2O/c1-17-6-4-10(5-7-17)13-8-11-2-3-12(16)9-14(11)15(13)18/h2-3,9-10,13H,4-8,16H2,1H3. The average molecular weight is 244 g/mol. The number of nitrogens with zero attached hydrogens (tertiary/aromatic N) is 1. The van der Waals surface area contributed by atoms with E-state index in [1.54, 1.807) is 0 Å². The minimum atomic E-state index is 0.204. The van der Waals surface area contributed by atoms with Gasteiger partial charge < -0.3 is 10.6 Å². The van der Waals surface area contributed by atoms with Gasteiger partial charge in [-0.15, -0.1) is 0 Å². The first-order valence-electron chi connectivity index (χ1n) is 6.76. The summed E-state index contributed by atoms with van der Waals surface area (Å²) in [7, 11) is 2.15. The first kappa shape index (κ1) is 11.7. The van der Waals surface area contributed by atoms with E-state index in [9.17, 15) is 4.79 Å². The zero-order chi connectivity index (χ0) is 12.7. The number of Topliss-reactive ketones (excluding diaryl/α,β-unsaturated/α-hetero) is 1. The van der Waals surface area contributed by atoms with Crippen molar-refractivity contribution >= 4 is 11.5 Å². The maximum atomic E-state index is 12.5. The molecule has 0 saturated carbocycles. The fraction of sp³-hybridized carbons (Fsp3) is 0.533. The number of carbonyl (C=O) groups is 1. The largest absolute Gasteiger partial charge is 0.399 e. The molecule has 0 aromatic heterocycles. The summed E-state index contributed by atoms with van der Waals surface area (Å²) < 4.78 is 0. The predicted molar refractivity (Wildman–Crippen MR) is 72.6 cm³/mol. The summed E-state index contributed by atoms with van der Waals surface area (Å²) >= 11 is 0. The Morgan fingerprint density at radius 2 is 2.00 bits per heavy atom. The zero-order valence-electron chi connectivity index (χ0n) is 10.9. The van der Waals surface area contributed by atoms with E-state index >= 15 is 0 Å². The molecule has 0 radical (unpaired) electrons. The van der Waals surface area contributed by atoms with E-state index in [2.05, 4.69) is 11.9 Å². The summed E-state index contributed by atoms with van der Waals surface area (Å²) in [6, 6.07) is 5.78. The van der Waals surface area contributed by atoms with Gasteiger partial charge >= 0.3 is 0 Å². The SMILES string of the molecule is CN1CCC(C2Cc3ccc(N)cc3C2=O)CC1. The molecule has 2 N–H and O–H groups in total. The minimum Gasteiger partial charge on any atom is -0.399 e. The summed E-state index contributed by atoms with van der Waals surface area (Å²) in [6.07, 6.45) is 3.22. The van der Waals surface area contributed by atoms with Crippen molar-refractivity contribution in [3.05, 3.63) is 29.3 Å². The molecule has 1 aliphatic heterocycles. The molecule has 2 aliphatic rings. The van der Waals surface area contributed by atoms with Crippen LogP contribution >= 0.6 is 0 Å². The lowest BCUT2D eigenvalue weighted by molar-refractivity contribution is 0.0840. The van der Waals surface area contributed by atoms with Gasteiger partial charge in [-0.05, 0) is 63.0 Å². The molecule has 1 atom stereocenters. The first-order valence-corrected chi connectivity index (χ1v) is 6.76. The maximum absolute atomic E-state index is 12.5. The molecular formula is C15H20N2O. The number of hydrogen-bond donors (Lipinski definition) is 1. The van der Waals surface area contributed by atoms with Gasteiger partial charge in [0.25, 0.3) is 0 Å². The summed E-state index contributed by atoms with van der Waals surface area (Å²) in [5, 5.41) is 0. The zero-order valence-corrected chi connectivity index (χ0v) is 10.9. The lowest BCUT2D eigenvalue weighted by Crippen LogP contribution is -2.35. The molecule has 1 unspecified atom stereocenters. The second-order valence-electron chi connectivity index (χ2n) is 5.73. The third-order valence-corrected chi connectivity index (χ3v) is 4.51. The Morgan fingerprint density at radius 3 is 2.72 bits per heavy atom. The third-order valence-electron chi connectivity index (χ3n) is 4.51. The Balaban J connectivity index is 1.80. The number of nitrogens with two attached hydrogens (primary N) is 1. The molecule has 1 fully saturated rings. The van der Waals surface area contributed by atoms with Gasteiger partial charge in [0.05, 0.1) is 0 Å². The number of piperidine rings is 1. The molecule has 0 bridgehead atoms. The lowest BCUT2D eigenvalue weighted by Gasteiger charge is -2.31. The van der Waals surface area contributed by atoms with Crippen molar-refractivity contribution in [1.29, 1.82) is 0 Å². The van der Waals surface area contributed by atoms with Gasteiger partial charge in [0.1, 0.15) is 0 Å². The second-order valence-corrected chi connectivity index (χ2v) is 5.73. The molecule has 3 rings (SSSR count). The minimum absolute atomic E-state index is 0.204. The van der Waals surface area contributed by atoms with Gasteiger partial charge in [-0.25, -0.2) is 0 Å². The number of fused-ring (bicyclic) bond motifs is 1. The molecule has 0 spiro atoms. The average Bonchev–Trinajstić information content (AvgIpc) is 2.68. The number of ketones is 1. The van der Waals surface area contributed by atoms with Crippen LogP contribution in [0.4, 0.5) is 5.69 Å².